The van der Waals surface area contributed by atoms with E-state index in [0.717, 1.165) is 4.47 Å². The van der Waals surface area contributed by atoms with Crippen LogP contribution in [0.2, 0.25) is 0 Å². The van der Waals surface area contributed by atoms with Crippen molar-refractivity contribution in [3.8, 4) is 5.75 Å². The lowest BCUT2D eigenvalue weighted by Crippen LogP contribution is -2.27. The predicted molar refractivity (Wildman–Crippen MR) is 109 cm³/mol. The lowest BCUT2D eigenvalue weighted by Gasteiger charge is -2.12. The Labute approximate surface area is 168 Å². The summed E-state index contributed by atoms with van der Waals surface area (Å²) in [5.41, 5.74) is 1.30. The number of anilines is 1. The molecule has 0 radical (unpaired) electrons. The van der Waals surface area contributed by atoms with Gasteiger partial charge in [-0.1, -0.05) is 35.8 Å². The molecule has 2 rings (SSSR count). The van der Waals surface area contributed by atoms with Crippen LogP contribution in [0.15, 0.2) is 51.8 Å². The highest BCUT2D eigenvalue weighted by molar-refractivity contribution is 9.10. The van der Waals surface area contributed by atoms with Crippen molar-refractivity contribution >= 4 is 37.5 Å². The quantitative estimate of drug-likeness (QED) is 0.636. The Morgan fingerprint density at radius 3 is 2.56 bits per heavy atom. The van der Waals surface area contributed by atoms with Crippen molar-refractivity contribution in [2.45, 2.75) is 25.7 Å². The highest BCUT2D eigenvalue weighted by Gasteiger charge is 2.16. The van der Waals surface area contributed by atoms with Crippen LogP contribution in [0.5, 0.6) is 5.75 Å². The van der Waals surface area contributed by atoms with Gasteiger partial charge in [-0.15, -0.1) is 0 Å². The van der Waals surface area contributed by atoms with Crippen LogP contribution in [0.25, 0.3) is 0 Å². The minimum Gasteiger partial charge on any atom is -0.483 e. The van der Waals surface area contributed by atoms with Gasteiger partial charge in [-0.3, -0.25) is 4.79 Å². The maximum Gasteiger partial charge on any atom is 0.262 e. The summed E-state index contributed by atoms with van der Waals surface area (Å²) in [6.45, 7) is 5.80. The van der Waals surface area contributed by atoms with Crippen LogP contribution in [0.3, 0.4) is 0 Å². The van der Waals surface area contributed by atoms with Gasteiger partial charge in [0.15, 0.2) is 6.61 Å². The van der Waals surface area contributed by atoms with E-state index in [1.165, 1.54) is 12.1 Å². The number of carbonyl (C=O) groups excluding carboxylic acids is 1. The number of hydrogen-bond donors (Lipinski definition) is 2. The van der Waals surface area contributed by atoms with Crippen LogP contribution in [0.1, 0.15) is 19.4 Å². The first-order valence-corrected chi connectivity index (χ1v) is 10.7. The summed E-state index contributed by atoms with van der Waals surface area (Å²) in [6, 6.07) is 11.8. The van der Waals surface area contributed by atoms with Gasteiger partial charge in [0.1, 0.15) is 5.75 Å². The van der Waals surface area contributed by atoms with E-state index < -0.39 is 10.0 Å². The molecule has 6 nitrogen and oxygen atoms in total. The second-order valence-electron chi connectivity index (χ2n) is 6.52. The van der Waals surface area contributed by atoms with E-state index in [-0.39, 0.29) is 23.3 Å². The summed E-state index contributed by atoms with van der Waals surface area (Å²) in [6.07, 6.45) is 0. The van der Waals surface area contributed by atoms with Crippen molar-refractivity contribution < 1.29 is 17.9 Å². The first-order valence-electron chi connectivity index (χ1n) is 8.46. The summed E-state index contributed by atoms with van der Waals surface area (Å²) >= 11 is 3.34. The monoisotopic (exact) mass is 454 g/mol. The van der Waals surface area contributed by atoms with Crippen molar-refractivity contribution in [1.29, 1.82) is 0 Å². The van der Waals surface area contributed by atoms with Crippen molar-refractivity contribution in [2.75, 3.05) is 18.5 Å². The molecule has 2 aromatic carbocycles. The third kappa shape index (κ3) is 6.64. The van der Waals surface area contributed by atoms with E-state index >= 15 is 0 Å². The number of amides is 1. The number of hydrogen-bond acceptors (Lipinski definition) is 4. The minimum absolute atomic E-state index is 0.173. The molecule has 2 aromatic rings. The van der Waals surface area contributed by atoms with Gasteiger partial charge >= 0.3 is 0 Å². The smallest absolute Gasteiger partial charge is 0.262 e. The molecule has 0 aromatic heterocycles. The third-order valence-corrected chi connectivity index (χ3v) is 5.52. The van der Waals surface area contributed by atoms with E-state index in [1.807, 2.05) is 26.0 Å². The Bertz CT molecular complexity index is 914. The average Bonchev–Trinajstić information content (AvgIpc) is 2.59. The molecule has 0 saturated heterocycles. The van der Waals surface area contributed by atoms with E-state index in [4.69, 9.17) is 4.74 Å². The van der Waals surface area contributed by atoms with Crippen molar-refractivity contribution in [1.82, 2.24) is 4.72 Å². The molecule has 0 aliphatic rings. The highest BCUT2D eigenvalue weighted by Crippen LogP contribution is 2.22. The molecule has 0 heterocycles. The molecular weight excluding hydrogens is 432 g/mol. The van der Waals surface area contributed by atoms with Gasteiger partial charge < -0.3 is 10.1 Å². The fourth-order valence-electron chi connectivity index (χ4n) is 2.22. The molecule has 2 N–H and O–H groups in total. The van der Waals surface area contributed by atoms with E-state index in [1.54, 1.807) is 25.1 Å². The molecule has 1 amide bonds. The molecule has 0 spiro atoms. The van der Waals surface area contributed by atoms with E-state index in [2.05, 4.69) is 26.0 Å². The Kier molecular flexibility index (Phi) is 7.41. The SMILES string of the molecule is Cc1cc(S(=O)(=O)NCC(C)C)ccc1OCC(=O)Nc1cccc(Br)c1. The molecule has 146 valence electrons. The van der Waals surface area contributed by atoms with Crippen molar-refractivity contribution in [3.05, 3.63) is 52.5 Å². The fourth-order valence-corrected chi connectivity index (χ4v) is 3.92. The first-order chi connectivity index (χ1) is 12.7. The number of aryl methyl sites for hydroxylation is 1. The number of halogens is 1. The zero-order valence-electron chi connectivity index (χ0n) is 15.5. The Hall–Kier alpha value is -1.90. The Morgan fingerprint density at radius 1 is 1.19 bits per heavy atom. The van der Waals surface area contributed by atoms with Gasteiger partial charge in [-0.2, -0.15) is 0 Å². The number of benzene rings is 2. The van der Waals surface area contributed by atoms with Crippen LogP contribution in [0.4, 0.5) is 5.69 Å². The number of sulfonamides is 1. The second kappa shape index (κ2) is 9.34. The molecule has 27 heavy (non-hydrogen) atoms. The lowest BCUT2D eigenvalue weighted by atomic mass is 10.2. The highest BCUT2D eigenvalue weighted by atomic mass is 79.9. The molecular formula is C19H23BrN2O4S. The zero-order valence-corrected chi connectivity index (χ0v) is 17.9. The van der Waals surface area contributed by atoms with Gasteiger partial charge in [0, 0.05) is 16.7 Å². The average molecular weight is 455 g/mol. The minimum atomic E-state index is -3.56. The maximum absolute atomic E-state index is 12.3. The van der Waals surface area contributed by atoms with Gasteiger partial charge in [-0.25, -0.2) is 13.1 Å². The molecule has 0 saturated carbocycles. The number of ether oxygens (including phenoxy) is 1. The Morgan fingerprint density at radius 2 is 1.93 bits per heavy atom. The van der Waals surface area contributed by atoms with Gasteiger partial charge in [0.25, 0.3) is 5.91 Å². The van der Waals surface area contributed by atoms with E-state index in [0.29, 0.717) is 23.5 Å². The number of rotatable bonds is 8. The lowest BCUT2D eigenvalue weighted by molar-refractivity contribution is -0.118. The number of carbonyl (C=O) groups is 1. The summed E-state index contributed by atoms with van der Waals surface area (Å²) < 4.78 is 33.5. The number of nitrogens with one attached hydrogen (secondary N) is 2. The normalized spacial score (nSPS) is 11.4. The summed E-state index contributed by atoms with van der Waals surface area (Å²) in [4.78, 5) is 12.2. The maximum atomic E-state index is 12.3. The summed E-state index contributed by atoms with van der Waals surface area (Å²) in [7, 11) is -3.56. The van der Waals surface area contributed by atoms with Gasteiger partial charge in [0.2, 0.25) is 10.0 Å². The molecule has 0 aliphatic carbocycles. The van der Waals surface area contributed by atoms with Crippen molar-refractivity contribution in [3.63, 3.8) is 0 Å². The first kappa shape index (κ1) is 21.4. The standard InChI is InChI=1S/C19H23BrN2O4S/c1-13(2)11-21-27(24,25)17-7-8-18(14(3)9-17)26-12-19(23)22-16-6-4-5-15(20)10-16/h4-10,13,21H,11-12H2,1-3H3,(H,22,23). The van der Waals surface area contributed by atoms with Crippen molar-refractivity contribution in [2.24, 2.45) is 5.92 Å². The second-order valence-corrected chi connectivity index (χ2v) is 9.20. The predicted octanol–water partition coefficient (Wildman–Crippen LogP) is 3.71. The van der Waals surface area contributed by atoms with Crippen LogP contribution in [-0.2, 0) is 14.8 Å². The molecule has 0 atom stereocenters. The molecule has 0 unspecified atom stereocenters. The largest absolute Gasteiger partial charge is 0.483 e. The van der Waals surface area contributed by atoms with Crippen LogP contribution in [-0.4, -0.2) is 27.5 Å². The molecule has 8 heteroatoms. The van der Waals surface area contributed by atoms with Crippen LogP contribution < -0.4 is 14.8 Å². The van der Waals surface area contributed by atoms with Gasteiger partial charge in [0.05, 0.1) is 4.90 Å². The third-order valence-electron chi connectivity index (χ3n) is 3.61. The zero-order chi connectivity index (χ0) is 20.0. The van der Waals surface area contributed by atoms with E-state index in [9.17, 15) is 13.2 Å². The Balaban J connectivity index is 1.98. The summed E-state index contributed by atoms with van der Waals surface area (Å²) in [5.74, 6) is 0.372. The van der Waals surface area contributed by atoms with Crippen LogP contribution >= 0.6 is 15.9 Å². The van der Waals surface area contributed by atoms with Crippen LogP contribution in [0, 0.1) is 12.8 Å². The fraction of sp³-hybridized carbons (Fsp3) is 0.316. The van der Waals surface area contributed by atoms with Gasteiger partial charge in [-0.05, 0) is 54.8 Å². The topological polar surface area (TPSA) is 84.5 Å². The molecule has 0 bridgehead atoms. The molecule has 0 aliphatic heterocycles. The molecule has 0 fully saturated rings. The summed E-state index contributed by atoms with van der Waals surface area (Å²) in [5, 5.41) is 2.74.